The molecule has 1 aliphatic rings. The third-order valence-corrected chi connectivity index (χ3v) is 5.82. The van der Waals surface area contributed by atoms with Crippen molar-refractivity contribution in [3.05, 3.63) is 59.7 Å². The number of hydrogen-bond donors (Lipinski definition) is 2. The molecule has 3 rings (SSSR count). The Labute approximate surface area is 193 Å². The van der Waals surface area contributed by atoms with Crippen LogP contribution < -0.4 is 5.32 Å². The first-order valence-electron chi connectivity index (χ1n) is 11.0. The van der Waals surface area contributed by atoms with Crippen molar-refractivity contribution < 1.29 is 29.0 Å². The first kappa shape index (κ1) is 24.3. The van der Waals surface area contributed by atoms with E-state index in [2.05, 4.69) is 29.6 Å². The zero-order valence-electron chi connectivity index (χ0n) is 19.0. The van der Waals surface area contributed by atoms with Crippen LogP contribution in [0.15, 0.2) is 48.5 Å². The molecule has 0 aliphatic heterocycles. The number of fused-ring (bicyclic) bond motifs is 3. The number of rotatable bonds is 11. The molecule has 0 radical (unpaired) electrons. The number of carbonyl (C=O) groups excluding carboxylic acids is 2. The van der Waals surface area contributed by atoms with E-state index in [4.69, 9.17) is 14.6 Å². The van der Waals surface area contributed by atoms with Crippen LogP contribution in [0.3, 0.4) is 0 Å². The Morgan fingerprint density at radius 1 is 1.06 bits per heavy atom. The second kappa shape index (κ2) is 11.5. The van der Waals surface area contributed by atoms with Gasteiger partial charge in [0.2, 0.25) is 5.91 Å². The summed E-state index contributed by atoms with van der Waals surface area (Å²) in [6.45, 7) is 2.25. The topological polar surface area (TPSA) is 105 Å². The molecule has 2 aromatic rings. The van der Waals surface area contributed by atoms with Crippen molar-refractivity contribution in [2.24, 2.45) is 5.92 Å². The molecule has 8 nitrogen and oxygen atoms in total. The number of methoxy groups -OCH3 is 1. The monoisotopic (exact) mass is 454 g/mol. The van der Waals surface area contributed by atoms with Gasteiger partial charge in [-0.1, -0.05) is 55.5 Å². The molecular weight excluding hydrogens is 424 g/mol. The van der Waals surface area contributed by atoms with Gasteiger partial charge in [-0.25, -0.2) is 4.79 Å². The number of alkyl carbamates (subject to hydrolysis) is 1. The van der Waals surface area contributed by atoms with Crippen LogP contribution in [0.5, 0.6) is 0 Å². The van der Waals surface area contributed by atoms with Crippen molar-refractivity contribution in [3.8, 4) is 11.1 Å². The van der Waals surface area contributed by atoms with Gasteiger partial charge in [-0.05, 0) is 28.7 Å². The zero-order valence-corrected chi connectivity index (χ0v) is 19.0. The minimum atomic E-state index is -1.08. The molecule has 0 bridgehead atoms. The van der Waals surface area contributed by atoms with E-state index in [1.54, 1.807) is 6.92 Å². The normalized spacial score (nSPS) is 13.0. The van der Waals surface area contributed by atoms with Gasteiger partial charge in [0.25, 0.3) is 0 Å². The summed E-state index contributed by atoms with van der Waals surface area (Å²) in [7, 11) is 1.49. The Balaban J connectivity index is 1.48. The second-order valence-corrected chi connectivity index (χ2v) is 8.09. The van der Waals surface area contributed by atoms with Gasteiger partial charge >= 0.3 is 12.1 Å². The van der Waals surface area contributed by atoms with Crippen molar-refractivity contribution in [1.82, 2.24) is 10.2 Å². The Morgan fingerprint density at radius 3 is 2.24 bits per heavy atom. The summed E-state index contributed by atoms with van der Waals surface area (Å²) in [5.41, 5.74) is 4.60. The molecule has 2 aromatic carbocycles. The summed E-state index contributed by atoms with van der Waals surface area (Å²) in [6, 6.07) is 16.2. The van der Waals surface area contributed by atoms with Crippen LogP contribution in [-0.2, 0) is 19.1 Å². The number of carbonyl (C=O) groups is 3. The zero-order chi connectivity index (χ0) is 23.8. The van der Waals surface area contributed by atoms with E-state index in [9.17, 15) is 14.4 Å². The SMILES string of the molecule is COCCN(CC(=O)O)C(=O)C(C)CCNC(=O)OCC1c2ccccc2-c2ccccc21. The van der Waals surface area contributed by atoms with Gasteiger partial charge in [0, 0.05) is 32.0 Å². The Kier molecular flexibility index (Phi) is 8.43. The minimum Gasteiger partial charge on any atom is -0.480 e. The number of amides is 2. The van der Waals surface area contributed by atoms with Gasteiger partial charge in [0.1, 0.15) is 13.2 Å². The van der Waals surface area contributed by atoms with Crippen LogP contribution in [0.25, 0.3) is 11.1 Å². The summed E-state index contributed by atoms with van der Waals surface area (Å²) in [4.78, 5) is 37.1. The first-order chi connectivity index (χ1) is 15.9. The highest BCUT2D eigenvalue weighted by atomic mass is 16.5. The average Bonchev–Trinajstić information content (AvgIpc) is 3.13. The highest BCUT2D eigenvalue weighted by Crippen LogP contribution is 2.44. The number of nitrogens with one attached hydrogen (secondary N) is 1. The fraction of sp³-hybridized carbons (Fsp3) is 0.400. The van der Waals surface area contributed by atoms with Crippen LogP contribution >= 0.6 is 0 Å². The number of hydrogen-bond acceptors (Lipinski definition) is 5. The van der Waals surface area contributed by atoms with Crippen LogP contribution in [-0.4, -0.2) is 67.9 Å². The summed E-state index contributed by atoms with van der Waals surface area (Å²) in [5, 5.41) is 11.7. The molecule has 1 atom stereocenters. The maximum Gasteiger partial charge on any atom is 0.407 e. The highest BCUT2D eigenvalue weighted by molar-refractivity contribution is 5.83. The van der Waals surface area contributed by atoms with Crippen molar-refractivity contribution in [3.63, 3.8) is 0 Å². The van der Waals surface area contributed by atoms with Gasteiger partial charge in [0.15, 0.2) is 0 Å². The first-order valence-corrected chi connectivity index (χ1v) is 11.0. The third-order valence-electron chi connectivity index (χ3n) is 5.82. The standard InChI is InChI=1S/C25H30N2O6/c1-17(24(30)27(13-14-32-2)15-23(28)29)11-12-26-25(31)33-16-22-20-9-5-3-7-18(20)19-8-4-6-10-21(19)22/h3-10,17,22H,11-16H2,1-2H3,(H,26,31)(H,28,29). The Morgan fingerprint density at radius 2 is 1.67 bits per heavy atom. The molecule has 33 heavy (non-hydrogen) atoms. The molecule has 0 fully saturated rings. The molecular formula is C25H30N2O6. The number of carboxylic acids is 1. The summed E-state index contributed by atoms with van der Waals surface area (Å²) in [6.07, 6.45) is -0.176. The smallest absolute Gasteiger partial charge is 0.407 e. The summed E-state index contributed by atoms with van der Waals surface area (Å²) >= 11 is 0. The number of aliphatic carboxylic acids is 1. The largest absolute Gasteiger partial charge is 0.480 e. The molecule has 0 saturated heterocycles. The number of nitrogens with zero attached hydrogens (tertiary/aromatic N) is 1. The maximum absolute atomic E-state index is 12.6. The van der Waals surface area contributed by atoms with E-state index >= 15 is 0 Å². The van der Waals surface area contributed by atoms with E-state index in [0.29, 0.717) is 6.42 Å². The average molecular weight is 455 g/mol. The van der Waals surface area contributed by atoms with E-state index in [0.717, 1.165) is 22.3 Å². The van der Waals surface area contributed by atoms with Crippen LogP contribution in [0.4, 0.5) is 4.79 Å². The van der Waals surface area contributed by atoms with E-state index in [-0.39, 0.29) is 44.7 Å². The predicted octanol–water partition coefficient (Wildman–Crippen LogP) is 3.11. The maximum atomic E-state index is 12.6. The lowest BCUT2D eigenvalue weighted by molar-refractivity contribution is -0.146. The molecule has 0 saturated carbocycles. The second-order valence-electron chi connectivity index (χ2n) is 8.09. The summed E-state index contributed by atoms with van der Waals surface area (Å²) in [5.74, 6) is -1.84. The fourth-order valence-corrected chi connectivity index (χ4v) is 4.11. The lowest BCUT2D eigenvalue weighted by Gasteiger charge is -2.24. The molecule has 8 heteroatoms. The van der Waals surface area contributed by atoms with Crippen LogP contribution in [0.2, 0.25) is 0 Å². The highest BCUT2D eigenvalue weighted by Gasteiger charge is 2.29. The molecule has 0 spiro atoms. The van der Waals surface area contributed by atoms with Crippen LogP contribution in [0.1, 0.15) is 30.4 Å². The number of carboxylic acid groups (broad SMARTS) is 1. The fourth-order valence-electron chi connectivity index (χ4n) is 4.11. The molecule has 0 heterocycles. The van der Waals surface area contributed by atoms with E-state index < -0.39 is 18.0 Å². The Bertz CT molecular complexity index is 947. The van der Waals surface area contributed by atoms with E-state index in [1.165, 1.54) is 12.0 Å². The van der Waals surface area contributed by atoms with Crippen LogP contribution in [0, 0.1) is 5.92 Å². The quantitative estimate of drug-likeness (QED) is 0.541. The third kappa shape index (κ3) is 6.10. The van der Waals surface area contributed by atoms with Crippen molar-refractivity contribution in [2.45, 2.75) is 19.3 Å². The molecule has 176 valence electrons. The van der Waals surface area contributed by atoms with Gasteiger partial charge in [-0.3, -0.25) is 9.59 Å². The molecule has 1 aliphatic carbocycles. The lowest BCUT2D eigenvalue weighted by Crippen LogP contribution is -2.41. The summed E-state index contributed by atoms with van der Waals surface area (Å²) < 4.78 is 10.4. The molecule has 0 aromatic heterocycles. The number of benzene rings is 2. The minimum absolute atomic E-state index is 0.0194. The van der Waals surface area contributed by atoms with Gasteiger partial charge in [-0.15, -0.1) is 0 Å². The molecule has 1 unspecified atom stereocenters. The van der Waals surface area contributed by atoms with Gasteiger partial charge in [-0.2, -0.15) is 0 Å². The molecule has 2 N–H and O–H groups in total. The van der Waals surface area contributed by atoms with Gasteiger partial charge in [0.05, 0.1) is 6.61 Å². The van der Waals surface area contributed by atoms with Crippen molar-refractivity contribution in [2.75, 3.05) is 40.0 Å². The Hall–Kier alpha value is -3.39. The lowest BCUT2D eigenvalue weighted by atomic mass is 9.98. The van der Waals surface area contributed by atoms with Crippen molar-refractivity contribution in [1.29, 1.82) is 0 Å². The number of ether oxygens (including phenoxy) is 2. The molecule has 2 amide bonds. The van der Waals surface area contributed by atoms with Crippen molar-refractivity contribution >= 4 is 18.0 Å². The predicted molar refractivity (Wildman–Crippen MR) is 123 cm³/mol. The van der Waals surface area contributed by atoms with Gasteiger partial charge < -0.3 is 24.8 Å². The van der Waals surface area contributed by atoms with E-state index in [1.807, 2.05) is 24.3 Å².